The molecule has 0 spiro atoms. The summed E-state index contributed by atoms with van der Waals surface area (Å²) in [5.74, 6) is 0. The van der Waals surface area contributed by atoms with E-state index in [1.165, 1.54) is 5.56 Å². The Kier molecular flexibility index (Phi) is 3.90. The van der Waals surface area contributed by atoms with Crippen LogP contribution < -0.4 is 0 Å². The highest BCUT2D eigenvalue weighted by molar-refractivity contribution is 6.38. The Morgan fingerprint density at radius 3 is 2.46 bits per heavy atom. The van der Waals surface area contributed by atoms with Gasteiger partial charge in [-0.05, 0) is 17.0 Å². The molecule has 0 saturated carbocycles. The summed E-state index contributed by atoms with van der Waals surface area (Å²) in [5, 5.41) is 0.406. The average Bonchev–Trinajstić information content (AvgIpc) is 2.04. The SMILES string of the molecule is CC(C)(Cc1ccccc1)[SiH2]O[SiH3]. The van der Waals surface area contributed by atoms with Gasteiger partial charge in [-0.1, -0.05) is 44.2 Å². The fourth-order valence-corrected chi connectivity index (χ4v) is 5.11. The van der Waals surface area contributed by atoms with E-state index in [9.17, 15) is 0 Å². The Morgan fingerprint density at radius 2 is 1.92 bits per heavy atom. The smallest absolute Gasteiger partial charge is 0.151 e. The maximum Gasteiger partial charge on any atom is 0.151 e. The Labute approximate surface area is 86.0 Å². The zero-order valence-electron chi connectivity index (χ0n) is 8.71. The van der Waals surface area contributed by atoms with Crippen LogP contribution in [0.1, 0.15) is 19.4 Å². The molecule has 1 aromatic carbocycles. The third-order valence-electron chi connectivity index (χ3n) is 2.06. The van der Waals surface area contributed by atoms with Crippen LogP contribution in [0.2, 0.25) is 5.04 Å². The standard InChI is InChI=1S/C10H18OSi2/c1-10(2,13-11-12)8-9-6-4-3-5-7-9/h3-7H,8,13H2,1-2,12H3. The van der Waals surface area contributed by atoms with Crippen LogP contribution in [0.4, 0.5) is 0 Å². The van der Waals surface area contributed by atoms with Crippen molar-refractivity contribution < 1.29 is 4.12 Å². The lowest BCUT2D eigenvalue weighted by atomic mass is 10.0. The summed E-state index contributed by atoms with van der Waals surface area (Å²) in [4.78, 5) is 0. The minimum Gasteiger partial charge on any atom is -0.468 e. The zero-order valence-corrected chi connectivity index (χ0v) is 12.1. The van der Waals surface area contributed by atoms with Crippen molar-refractivity contribution in [3.05, 3.63) is 35.9 Å². The van der Waals surface area contributed by atoms with Gasteiger partial charge in [-0.3, -0.25) is 0 Å². The van der Waals surface area contributed by atoms with E-state index in [-0.39, 0.29) is 9.76 Å². The molecular weight excluding hydrogens is 192 g/mol. The van der Waals surface area contributed by atoms with Gasteiger partial charge in [0, 0.05) is 0 Å². The fourth-order valence-electron chi connectivity index (χ4n) is 1.59. The minimum absolute atomic E-state index is 0.332. The molecule has 0 unspecified atom stereocenters. The molecular formula is C10H18OSi2. The Hall–Kier alpha value is -0.386. The molecule has 0 aliphatic carbocycles. The van der Waals surface area contributed by atoms with Crippen LogP contribution >= 0.6 is 0 Å². The summed E-state index contributed by atoms with van der Waals surface area (Å²) >= 11 is 0. The summed E-state index contributed by atoms with van der Waals surface area (Å²) in [5.41, 5.74) is 1.43. The van der Waals surface area contributed by atoms with Crippen LogP contribution in [-0.4, -0.2) is 20.2 Å². The quantitative estimate of drug-likeness (QED) is 0.668. The second-order valence-electron chi connectivity index (χ2n) is 4.26. The Balaban J connectivity index is 2.58. The first-order chi connectivity index (χ1) is 6.14. The Morgan fingerprint density at radius 1 is 1.31 bits per heavy atom. The molecule has 13 heavy (non-hydrogen) atoms. The van der Waals surface area contributed by atoms with Crippen LogP contribution in [0.3, 0.4) is 0 Å². The first kappa shape index (κ1) is 10.7. The van der Waals surface area contributed by atoms with E-state index in [0.717, 1.165) is 16.9 Å². The van der Waals surface area contributed by atoms with E-state index < -0.39 is 0 Å². The summed E-state index contributed by atoms with van der Waals surface area (Å²) in [6, 6.07) is 10.7. The molecule has 1 nitrogen and oxygen atoms in total. The van der Waals surface area contributed by atoms with Crippen molar-refractivity contribution in [1.82, 2.24) is 0 Å². The molecule has 0 aliphatic rings. The van der Waals surface area contributed by atoms with Crippen molar-refractivity contribution in [2.45, 2.75) is 25.3 Å². The van der Waals surface area contributed by atoms with Gasteiger partial charge in [0.05, 0.1) is 0 Å². The third kappa shape index (κ3) is 3.89. The van der Waals surface area contributed by atoms with E-state index in [0.29, 0.717) is 5.04 Å². The molecule has 72 valence electrons. The molecule has 0 N–H and O–H groups in total. The largest absolute Gasteiger partial charge is 0.468 e. The van der Waals surface area contributed by atoms with Gasteiger partial charge in [-0.2, -0.15) is 0 Å². The van der Waals surface area contributed by atoms with Crippen molar-refractivity contribution in [1.29, 1.82) is 0 Å². The van der Waals surface area contributed by atoms with E-state index >= 15 is 0 Å². The number of benzene rings is 1. The Bertz CT molecular complexity index is 246. The number of rotatable bonds is 4. The lowest BCUT2D eigenvalue weighted by Crippen LogP contribution is -2.18. The van der Waals surface area contributed by atoms with Gasteiger partial charge in [-0.15, -0.1) is 0 Å². The van der Waals surface area contributed by atoms with Crippen molar-refractivity contribution in [2.75, 3.05) is 0 Å². The molecule has 0 bridgehead atoms. The van der Waals surface area contributed by atoms with Crippen molar-refractivity contribution in [3.63, 3.8) is 0 Å². The highest BCUT2D eigenvalue weighted by Gasteiger charge is 2.18. The molecule has 0 heterocycles. The van der Waals surface area contributed by atoms with Crippen LogP contribution in [0.15, 0.2) is 30.3 Å². The van der Waals surface area contributed by atoms with Crippen LogP contribution in [0.25, 0.3) is 0 Å². The van der Waals surface area contributed by atoms with Gasteiger partial charge in [0.25, 0.3) is 0 Å². The average molecular weight is 210 g/mol. The molecule has 0 atom stereocenters. The molecule has 1 rings (SSSR count). The monoisotopic (exact) mass is 210 g/mol. The normalized spacial score (nSPS) is 12.8. The molecule has 1 aromatic rings. The second kappa shape index (κ2) is 4.74. The van der Waals surface area contributed by atoms with E-state index in [2.05, 4.69) is 44.2 Å². The van der Waals surface area contributed by atoms with Crippen LogP contribution in [0, 0.1) is 0 Å². The van der Waals surface area contributed by atoms with Gasteiger partial charge in [0.15, 0.2) is 9.76 Å². The maximum atomic E-state index is 5.46. The molecule has 0 aromatic heterocycles. The summed E-state index contributed by atoms with van der Waals surface area (Å²) in [6.45, 7) is 4.62. The predicted octanol–water partition coefficient (Wildman–Crippen LogP) is 0.808. The molecule has 0 amide bonds. The van der Waals surface area contributed by atoms with Gasteiger partial charge >= 0.3 is 0 Å². The molecule has 0 aliphatic heterocycles. The second-order valence-corrected chi connectivity index (χ2v) is 8.77. The van der Waals surface area contributed by atoms with Gasteiger partial charge < -0.3 is 4.12 Å². The highest BCUT2D eigenvalue weighted by Crippen LogP contribution is 2.27. The first-order valence-corrected chi connectivity index (χ1v) is 6.77. The highest BCUT2D eigenvalue weighted by atomic mass is 28.3. The van der Waals surface area contributed by atoms with E-state index in [4.69, 9.17) is 4.12 Å². The summed E-state index contributed by atoms with van der Waals surface area (Å²) in [7, 11) is 0.566. The number of hydrogen-bond donors (Lipinski definition) is 0. The van der Waals surface area contributed by atoms with E-state index in [1.54, 1.807) is 0 Å². The van der Waals surface area contributed by atoms with Crippen LogP contribution in [0.5, 0.6) is 0 Å². The minimum atomic E-state index is -0.332. The summed E-state index contributed by atoms with van der Waals surface area (Å²) < 4.78 is 5.46. The van der Waals surface area contributed by atoms with Gasteiger partial charge in [-0.25, -0.2) is 0 Å². The van der Waals surface area contributed by atoms with Crippen molar-refractivity contribution >= 4 is 20.2 Å². The lowest BCUT2D eigenvalue weighted by Gasteiger charge is -2.22. The molecule has 0 saturated heterocycles. The zero-order chi connectivity index (χ0) is 9.73. The van der Waals surface area contributed by atoms with Crippen molar-refractivity contribution in [3.8, 4) is 0 Å². The maximum absolute atomic E-state index is 5.46. The molecule has 0 fully saturated rings. The topological polar surface area (TPSA) is 9.23 Å². The van der Waals surface area contributed by atoms with Crippen LogP contribution in [-0.2, 0) is 10.5 Å². The van der Waals surface area contributed by atoms with Crippen molar-refractivity contribution in [2.24, 2.45) is 0 Å². The molecule has 0 radical (unpaired) electrons. The predicted molar refractivity (Wildman–Crippen MR) is 63.8 cm³/mol. The third-order valence-corrected chi connectivity index (χ3v) is 4.25. The molecule has 3 heteroatoms. The lowest BCUT2D eigenvalue weighted by molar-refractivity contribution is 0.557. The fraction of sp³-hybridized carbons (Fsp3) is 0.400. The van der Waals surface area contributed by atoms with Gasteiger partial charge in [0.1, 0.15) is 10.5 Å². The van der Waals surface area contributed by atoms with E-state index in [1.807, 2.05) is 0 Å². The number of hydrogen-bond acceptors (Lipinski definition) is 1. The van der Waals surface area contributed by atoms with Gasteiger partial charge in [0.2, 0.25) is 0 Å². The summed E-state index contributed by atoms with van der Waals surface area (Å²) in [6.07, 6.45) is 1.16. The first-order valence-electron chi connectivity index (χ1n) is 4.67.